The van der Waals surface area contributed by atoms with E-state index in [1.54, 1.807) is 12.3 Å². The lowest BCUT2D eigenvalue weighted by Crippen LogP contribution is -2.05. The van der Waals surface area contributed by atoms with Gasteiger partial charge in [-0.25, -0.2) is 13.4 Å². The first kappa shape index (κ1) is 12.2. The van der Waals surface area contributed by atoms with E-state index in [0.29, 0.717) is 11.8 Å². The topological polar surface area (TPSA) is 47.0 Å². The minimum atomic E-state index is -3.18. The molecular weight excluding hydrogens is 210 g/mol. The highest BCUT2D eigenvalue weighted by molar-refractivity contribution is 7.90. The molecule has 0 aliphatic rings. The molecule has 0 unspecified atom stereocenters. The van der Waals surface area contributed by atoms with Gasteiger partial charge in [0.1, 0.15) is 0 Å². The van der Waals surface area contributed by atoms with Crippen molar-refractivity contribution in [2.45, 2.75) is 31.7 Å². The fourth-order valence-electron chi connectivity index (χ4n) is 1.27. The van der Waals surface area contributed by atoms with Gasteiger partial charge in [0.05, 0.1) is 0 Å². The standard InChI is InChI=1S/C11H17NO2S/c1-8(2)9(3)10-5-6-11(12-7-10)15(4,13)14/h5-9H,1-4H3/t9-/m1/s1. The molecule has 84 valence electrons. The van der Waals surface area contributed by atoms with Crippen molar-refractivity contribution in [1.29, 1.82) is 0 Å². The van der Waals surface area contributed by atoms with Crippen LogP contribution in [0.2, 0.25) is 0 Å². The third-order valence-electron chi connectivity index (χ3n) is 2.66. The number of hydrogen-bond donors (Lipinski definition) is 0. The second kappa shape index (κ2) is 4.31. The lowest BCUT2D eigenvalue weighted by atomic mass is 9.92. The van der Waals surface area contributed by atoms with Gasteiger partial charge in [0.25, 0.3) is 0 Å². The molecule has 0 aliphatic carbocycles. The highest BCUT2D eigenvalue weighted by Gasteiger charge is 2.12. The van der Waals surface area contributed by atoms with Gasteiger partial charge in [0, 0.05) is 12.5 Å². The second-order valence-corrected chi connectivity index (χ2v) is 6.20. The second-order valence-electron chi connectivity index (χ2n) is 4.23. The largest absolute Gasteiger partial charge is 0.244 e. The maximum Gasteiger partial charge on any atom is 0.192 e. The monoisotopic (exact) mass is 227 g/mol. The van der Waals surface area contributed by atoms with Gasteiger partial charge in [0.2, 0.25) is 0 Å². The zero-order chi connectivity index (χ0) is 11.6. The van der Waals surface area contributed by atoms with Crippen LogP contribution in [0.4, 0.5) is 0 Å². The summed E-state index contributed by atoms with van der Waals surface area (Å²) in [6, 6.07) is 3.41. The van der Waals surface area contributed by atoms with Crippen LogP contribution >= 0.6 is 0 Å². The summed E-state index contributed by atoms with van der Waals surface area (Å²) in [5.74, 6) is 0.919. The normalized spacial score (nSPS) is 14.2. The first-order valence-electron chi connectivity index (χ1n) is 4.98. The van der Waals surface area contributed by atoms with Crippen LogP contribution in [0, 0.1) is 5.92 Å². The zero-order valence-corrected chi connectivity index (χ0v) is 10.4. The Labute approximate surface area is 91.5 Å². The molecule has 4 heteroatoms. The summed E-state index contributed by atoms with van der Waals surface area (Å²) >= 11 is 0. The molecule has 0 spiro atoms. The number of aromatic nitrogens is 1. The Morgan fingerprint density at radius 3 is 2.13 bits per heavy atom. The van der Waals surface area contributed by atoms with E-state index < -0.39 is 9.84 Å². The van der Waals surface area contributed by atoms with Gasteiger partial charge in [-0.3, -0.25) is 0 Å². The summed E-state index contributed by atoms with van der Waals surface area (Å²) < 4.78 is 22.4. The van der Waals surface area contributed by atoms with Gasteiger partial charge in [-0.05, 0) is 23.5 Å². The van der Waals surface area contributed by atoms with E-state index in [9.17, 15) is 8.42 Å². The Kier molecular flexibility index (Phi) is 3.50. The maximum atomic E-state index is 11.2. The van der Waals surface area contributed by atoms with Crippen LogP contribution in [0.25, 0.3) is 0 Å². The molecule has 1 aromatic heterocycles. The number of nitrogens with zero attached hydrogens (tertiary/aromatic N) is 1. The SMILES string of the molecule is CC(C)[C@@H](C)c1ccc(S(C)(=O)=O)nc1. The lowest BCUT2D eigenvalue weighted by molar-refractivity contribution is 0.532. The van der Waals surface area contributed by atoms with Crippen LogP contribution in [-0.4, -0.2) is 19.7 Å². The molecule has 3 nitrogen and oxygen atoms in total. The van der Waals surface area contributed by atoms with E-state index in [4.69, 9.17) is 0 Å². The Morgan fingerprint density at radius 1 is 1.20 bits per heavy atom. The van der Waals surface area contributed by atoms with Crippen LogP contribution in [0.3, 0.4) is 0 Å². The van der Waals surface area contributed by atoms with Gasteiger partial charge >= 0.3 is 0 Å². The molecule has 0 fully saturated rings. The van der Waals surface area contributed by atoms with Crippen molar-refractivity contribution >= 4 is 9.84 Å². The van der Waals surface area contributed by atoms with Crippen molar-refractivity contribution in [2.24, 2.45) is 5.92 Å². The summed E-state index contributed by atoms with van der Waals surface area (Å²) in [5, 5.41) is 0.141. The molecule has 0 aromatic carbocycles. The van der Waals surface area contributed by atoms with Gasteiger partial charge < -0.3 is 0 Å². The van der Waals surface area contributed by atoms with E-state index in [-0.39, 0.29) is 5.03 Å². The van der Waals surface area contributed by atoms with Crippen LogP contribution in [0.1, 0.15) is 32.3 Å². The first-order chi connectivity index (χ1) is 6.82. The van der Waals surface area contributed by atoms with Crippen molar-refractivity contribution in [1.82, 2.24) is 4.98 Å². The number of rotatable bonds is 3. The van der Waals surface area contributed by atoms with Crippen molar-refractivity contribution < 1.29 is 8.42 Å². The molecule has 0 saturated heterocycles. The molecule has 15 heavy (non-hydrogen) atoms. The minimum absolute atomic E-state index is 0.141. The Balaban J connectivity index is 3.01. The minimum Gasteiger partial charge on any atom is -0.244 e. The molecule has 1 atom stereocenters. The van der Waals surface area contributed by atoms with Gasteiger partial charge in [0.15, 0.2) is 14.9 Å². The van der Waals surface area contributed by atoms with Crippen molar-refractivity contribution in [3.05, 3.63) is 23.9 Å². The predicted octanol–water partition coefficient (Wildman–Crippen LogP) is 2.24. The third kappa shape index (κ3) is 3.02. The fourth-order valence-corrected chi connectivity index (χ4v) is 1.82. The molecule has 0 radical (unpaired) electrons. The quantitative estimate of drug-likeness (QED) is 0.795. The van der Waals surface area contributed by atoms with E-state index in [2.05, 4.69) is 25.8 Å². The van der Waals surface area contributed by atoms with Crippen molar-refractivity contribution in [2.75, 3.05) is 6.26 Å². The summed E-state index contributed by atoms with van der Waals surface area (Å²) in [7, 11) is -3.18. The van der Waals surface area contributed by atoms with E-state index in [1.165, 1.54) is 6.26 Å². The van der Waals surface area contributed by atoms with Crippen LogP contribution in [0.5, 0.6) is 0 Å². The summed E-state index contributed by atoms with van der Waals surface area (Å²) in [6.07, 6.45) is 2.82. The molecule has 0 amide bonds. The number of pyridine rings is 1. The molecule has 0 bridgehead atoms. The smallest absolute Gasteiger partial charge is 0.192 e. The maximum absolute atomic E-state index is 11.2. The average molecular weight is 227 g/mol. The van der Waals surface area contributed by atoms with Crippen LogP contribution in [-0.2, 0) is 9.84 Å². The van der Waals surface area contributed by atoms with E-state index in [0.717, 1.165) is 5.56 Å². The summed E-state index contributed by atoms with van der Waals surface area (Å²) in [4.78, 5) is 3.97. The molecule has 1 rings (SSSR count). The zero-order valence-electron chi connectivity index (χ0n) is 9.56. The highest BCUT2D eigenvalue weighted by Crippen LogP contribution is 2.23. The lowest BCUT2D eigenvalue weighted by Gasteiger charge is -2.15. The summed E-state index contributed by atoms with van der Waals surface area (Å²) in [6.45, 7) is 6.38. The molecular formula is C11H17NO2S. The van der Waals surface area contributed by atoms with E-state index >= 15 is 0 Å². The Morgan fingerprint density at radius 2 is 1.80 bits per heavy atom. The van der Waals surface area contributed by atoms with Gasteiger partial charge in [-0.15, -0.1) is 0 Å². The van der Waals surface area contributed by atoms with Gasteiger partial charge in [-0.2, -0.15) is 0 Å². The first-order valence-corrected chi connectivity index (χ1v) is 6.87. The fraction of sp³-hybridized carbons (Fsp3) is 0.545. The van der Waals surface area contributed by atoms with Crippen LogP contribution in [0.15, 0.2) is 23.4 Å². The number of hydrogen-bond acceptors (Lipinski definition) is 3. The molecule has 0 aliphatic heterocycles. The molecule has 0 saturated carbocycles. The van der Waals surface area contributed by atoms with E-state index in [1.807, 2.05) is 6.07 Å². The molecule has 1 heterocycles. The Bertz CT molecular complexity index is 420. The average Bonchev–Trinajstić information content (AvgIpc) is 2.15. The Hall–Kier alpha value is -0.900. The molecule has 1 aromatic rings. The third-order valence-corrected chi connectivity index (χ3v) is 3.67. The molecule has 0 N–H and O–H groups in total. The van der Waals surface area contributed by atoms with Crippen molar-refractivity contribution in [3.8, 4) is 0 Å². The number of sulfone groups is 1. The van der Waals surface area contributed by atoms with Crippen molar-refractivity contribution in [3.63, 3.8) is 0 Å². The highest BCUT2D eigenvalue weighted by atomic mass is 32.2. The predicted molar refractivity (Wildman–Crippen MR) is 60.6 cm³/mol. The van der Waals surface area contributed by atoms with Gasteiger partial charge in [-0.1, -0.05) is 26.8 Å². The summed E-state index contributed by atoms with van der Waals surface area (Å²) in [5.41, 5.74) is 1.08. The van der Waals surface area contributed by atoms with Crippen LogP contribution < -0.4 is 0 Å².